The third-order valence-corrected chi connectivity index (χ3v) is 6.23. The smallest absolute Gasteiger partial charge is 0.226 e. The molecule has 0 N–H and O–H groups in total. The molecule has 0 aliphatic heterocycles. The third-order valence-electron chi connectivity index (χ3n) is 6.23. The monoisotopic (exact) mass is 411 g/mol. The summed E-state index contributed by atoms with van der Waals surface area (Å²) in [5.41, 5.74) is 9.06. The zero-order chi connectivity index (χ0) is 22.6. The van der Waals surface area contributed by atoms with Crippen molar-refractivity contribution in [3.8, 4) is 22.5 Å². The zero-order valence-electron chi connectivity index (χ0n) is 20.2. The molecule has 0 aliphatic rings. The van der Waals surface area contributed by atoms with Crippen LogP contribution in [0.5, 0.6) is 0 Å². The van der Waals surface area contributed by atoms with Crippen LogP contribution in [0.25, 0.3) is 33.5 Å². The predicted octanol–water partition coefficient (Wildman–Crippen LogP) is 7.16. The van der Waals surface area contributed by atoms with Crippen molar-refractivity contribution in [3.63, 3.8) is 0 Å². The summed E-state index contributed by atoms with van der Waals surface area (Å²) < 4.78 is 4.88. The topological polar surface area (TPSA) is 8.81 Å². The molecule has 0 unspecified atom stereocenters. The SMILES string of the molecule is Cc1ccc(C(C)(C)C)cc1-c1n(C(C)(C)C)c2cc(-c3ccccc3)ccc2[n+]1C. The number of nitrogens with zero attached hydrogens (tertiary/aromatic N) is 2. The van der Waals surface area contributed by atoms with Crippen molar-refractivity contribution in [1.29, 1.82) is 0 Å². The van der Waals surface area contributed by atoms with Crippen LogP contribution >= 0.6 is 0 Å². The van der Waals surface area contributed by atoms with E-state index in [0.717, 1.165) is 0 Å². The van der Waals surface area contributed by atoms with Gasteiger partial charge in [0, 0.05) is 0 Å². The first-order valence-electron chi connectivity index (χ1n) is 11.2. The highest BCUT2D eigenvalue weighted by Crippen LogP contribution is 2.35. The van der Waals surface area contributed by atoms with E-state index in [0.29, 0.717) is 0 Å². The van der Waals surface area contributed by atoms with E-state index in [1.165, 1.54) is 44.7 Å². The van der Waals surface area contributed by atoms with Crippen molar-refractivity contribution in [2.45, 2.75) is 59.4 Å². The summed E-state index contributed by atoms with van der Waals surface area (Å²) in [7, 11) is 2.20. The first kappa shape index (κ1) is 21.4. The number of benzene rings is 3. The lowest BCUT2D eigenvalue weighted by Crippen LogP contribution is -2.33. The van der Waals surface area contributed by atoms with E-state index in [2.05, 4.69) is 131 Å². The molecule has 0 saturated carbocycles. The number of rotatable bonds is 2. The van der Waals surface area contributed by atoms with Crippen molar-refractivity contribution < 1.29 is 4.57 Å². The maximum atomic E-state index is 2.52. The molecular formula is C29H35N2+. The lowest BCUT2D eigenvalue weighted by atomic mass is 9.85. The van der Waals surface area contributed by atoms with Crippen molar-refractivity contribution in [2.24, 2.45) is 7.05 Å². The molecule has 0 amide bonds. The summed E-state index contributed by atoms with van der Waals surface area (Å²) in [5.74, 6) is 1.26. The van der Waals surface area contributed by atoms with E-state index in [1.54, 1.807) is 0 Å². The van der Waals surface area contributed by atoms with Gasteiger partial charge in [0.2, 0.25) is 0 Å². The second-order valence-electron chi connectivity index (χ2n) is 10.7. The van der Waals surface area contributed by atoms with Crippen LogP contribution in [-0.4, -0.2) is 4.57 Å². The molecule has 2 nitrogen and oxygen atoms in total. The highest BCUT2D eigenvalue weighted by molar-refractivity contribution is 5.83. The first-order chi connectivity index (χ1) is 14.5. The van der Waals surface area contributed by atoms with Gasteiger partial charge in [-0.2, -0.15) is 0 Å². The molecule has 4 aromatic rings. The van der Waals surface area contributed by atoms with E-state index in [9.17, 15) is 0 Å². The summed E-state index contributed by atoms with van der Waals surface area (Å²) in [6, 6.07) is 24.5. The van der Waals surface area contributed by atoms with Crippen LogP contribution in [0.15, 0.2) is 66.7 Å². The number of hydrogen-bond acceptors (Lipinski definition) is 0. The summed E-state index contributed by atoms with van der Waals surface area (Å²) in [6.45, 7) is 16.0. The van der Waals surface area contributed by atoms with Crippen LogP contribution in [0, 0.1) is 6.92 Å². The van der Waals surface area contributed by atoms with Crippen LogP contribution in [0.3, 0.4) is 0 Å². The molecule has 0 saturated heterocycles. The lowest BCUT2D eigenvalue weighted by Gasteiger charge is -2.22. The van der Waals surface area contributed by atoms with Gasteiger partial charge in [0.1, 0.15) is 5.54 Å². The van der Waals surface area contributed by atoms with Crippen molar-refractivity contribution in [2.75, 3.05) is 0 Å². The molecule has 2 heteroatoms. The van der Waals surface area contributed by atoms with E-state index in [1.807, 2.05) is 0 Å². The fourth-order valence-corrected chi connectivity index (χ4v) is 4.48. The standard InChI is InChI=1S/C29H35N2/c1-20-14-16-23(28(2,3)4)19-24(20)27-30(8)25-17-15-22(21-12-10-9-11-13-21)18-26(25)31(27)29(5,6)7/h9-19H,1-8H3/q+1. The Labute approximate surface area is 187 Å². The second-order valence-corrected chi connectivity index (χ2v) is 10.7. The maximum Gasteiger partial charge on any atom is 0.290 e. The predicted molar refractivity (Wildman–Crippen MR) is 132 cm³/mol. The first-order valence-corrected chi connectivity index (χ1v) is 11.2. The quantitative estimate of drug-likeness (QED) is 0.309. The van der Waals surface area contributed by atoms with Gasteiger partial charge in [-0.15, -0.1) is 0 Å². The van der Waals surface area contributed by atoms with Crippen LogP contribution < -0.4 is 4.57 Å². The van der Waals surface area contributed by atoms with E-state index in [-0.39, 0.29) is 11.0 Å². The van der Waals surface area contributed by atoms with Gasteiger partial charge < -0.3 is 0 Å². The highest BCUT2D eigenvalue weighted by atomic mass is 15.2. The van der Waals surface area contributed by atoms with Gasteiger partial charge in [-0.1, -0.05) is 63.2 Å². The highest BCUT2D eigenvalue weighted by Gasteiger charge is 2.33. The number of aryl methyl sites for hydroxylation is 2. The Kier molecular flexibility index (Phi) is 5.08. The fourth-order valence-electron chi connectivity index (χ4n) is 4.48. The molecule has 0 fully saturated rings. The molecule has 31 heavy (non-hydrogen) atoms. The van der Waals surface area contributed by atoms with Gasteiger partial charge >= 0.3 is 0 Å². The van der Waals surface area contributed by atoms with Gasteiger partial charge in [-0.3, -0.25) is 0 Å². The van der Waals surface area contributed by atoms with E-state index < -0.39 is 0 Å². The Balaban J connectivity index is 2.06. The molecule has 1 heterocycles. The minimum absolute atomic E-state index is 0.0612. The van der Waals surface area contributed by atoms with Crippen molar-refractivity contribution in [3.05, 3.63) is 77.9 Å². The summed E-state index contributed by atoms with van der Waals surface area (Å²) in [6.07, 6.45) is 0. The third kappa shape index (κ3) is 3.80. The minimum atomic E-state index is -0.0612. The Morgan fingerprint density at radius 1 is 0.742 bits per heavy atom. The largest absolute Gasteiger partial charge is 0.290 e. The molecule has 0 spiro atoms. The molecule has 3 aromatic carbocycles. The summed E-state index contributed by atoms with van der Waals surface area (Å²) in [5, 5.41) is 0. The number of hydrogen-bond donors (Lipinski definition) is 0. The van der Waals surface area contributed by atoms with Crippen molar-refractivity contribution in [1.82, 2.24) is 4.57 Å². The normalized spacial score (nSPS) is 12.5. The Hall–Kier alpha value is -2.87. The van der Waals surface area contributed by atoms with Crippen molar-refractivity contribution >= 4 is 11.0 Å². The van der Waals surface area contributed by atoms with Gasteiger partial charge in [-0.05, 0) is 79.6 Å². The maximum absolute atomic E-state index is 2.52. The zero-order valence-corrected chi connectivity index (χ0v) is 20.2. The van der Waals surface area contributed by atoms with Gasteiger partial charge in [-0.25, -0.2) is 9.13 Å². The molecule has 4 rings (SSSR count). The summed E-state index contributed by atoms with van der Waals surface area (Å²) in [4.78, 5) is 0. The molecule has 0 aliphatic carbocycles. The Bertz CT molecular complexity index is 1250. The van der Waals surface area contributed by atoms with E-state index in [4.69, 9.17) is 0 Å². The van der Waals surface area contributed by atoms with Crippen LogP contribution in [-0.2, 0) is 18.0 Å². The van der Waals surface area contributed by atoms with Crippen LogP contribution in [0.2, 0.25) is 0 Å². The number of imidazole rings is 1. The second kappa shape index (κ2) is 7.37. The van der Waals surface area contributed by atoms with Crippen LogP contribution in [0.1, 0.15) is 52.7 Å². The number of aromatic nitrogens is 2. The van der Waals surface area contributed by atoms with Gasteiger partial charge in [0.15, 0.2) is 11.0 Å². The average Bonchev–Trinajstić information content (AvgIpc) is 3.00. The lowest BCUT2D eigenvalue weighted by molar-refractivity contribution is -0.634. The molecule has 0 atom stereocenters. The molecule has 1 aromatic heterocycles. The summed E-state index contributed by atoms with van der Waals surface area (Å²) >= 11 is 0. The molecule has 0 radical (unpaired) electrons. The molecular weight excluding hydrogens is 376 g/mol. The molecule has 160 valence electrons. The number of fused-ring (bicyclic) bond motifs is 1. The fraction of sp³-hybridized carbons (Fsp3) is 0.345. The Morgan fingerprint density at radius 3 is 2.03 bits per heavy atom. The minimum Gasteiger partial charge on any atom is -0.226 e. The average molecular weight is 412 g/mol. The van der Waals surface area contributed by atoms with Gasteiger partial charge in [0.25, 0.3) is 5.82 Å². The van der Waals surface area contributed by atoms with Gasteiger partial charge in [0.05, 0.1) is 12.6 Å². The molecule has 0 bridgehead atoms. The van der Waals surface area contributed by atoms with Crippen LogP contribution in [0.4, 0.5) is 0 Å². The Morgan fingerprint density at radius 2 is 1.42 bits per heavy atom. The van der Waals surface area contributed by atoms with E-state index >= 15 is 0 Å².